The molecular formula is C25H34N6O2. The molecule has 33 heavy (non-hydrogen) atoms. The van der Waals surface area contributed by atoms with E-state index < -0.39 is 0 Å². The van der Waals surface area contributed by atoms with Crippen LogP contribution in [0.15, 0.2) is 49.4 Å². The van der Waals surface area contributed by atoms with Crippen LogP contribution >= 0.6 is 0 Å². The normalized spacial score (nSPS) is 18.0. The Hall–Kier alpha value is -3.10. The Morgan fingerprint density at radius 3 is 2.88 bits per heavy atom. The van der Waals surface area contributed by atoms with E-state index in [-0.39, 0.29) is 0 Å². The predicted octanol–water partition coefficient (Wildman–Crippen LogP) is 2.91. The van der Waals surface area contributed by atoms with Gasteiger partial charge in [-0.15, -0.1) is 0 Å². The molecule has 0 radical (unpaired) electrons. The van der Waals surface area contributed by atoms with Crippen molar-refractivity contribution in [3.05, 3.63) is 66.4 Å². The number of aromatic nitrogens is 2. The van der Waals surface area contributed by atoms with Gasteiger partial charge in [-0.3, -0.25) is 9.80 Å². The van der Waals surface area contributed by atoms with Gasteiger partial charge in [0.25, 0.3) is 0 Å². The summed E-state index contributed by atoms with van der Waals surface area (Å²) in [6, 6.07) is 8.61. The molecule has 1 unspecified atom stereocenters. The van der Waals surface area contributed by atoms with Crippen molar-refractivity contribution >= 4 is 5.95 Å². The number of fused-ring (bicyclic) bond motifs is 1. The van der Waals surface area contributed by atoms with Crippen LogP contribution in [0.1, 0.15) is 35.8 Å². The zero-order valence-electron chi connectivity index (χ0n) is 19.4. The lowest BCUT2D eigenvalue weighted by molar-refractivity contribution is 0.171. The van der Waals surface area contributed by atoms with Crippen LogP contribution in [0.5, 0.6) is 11.5 Å². The Bertz CT molecular complexity index is 979. The summed E-state index contributed by atoms with van der Waals surface area (Å²) in [4.78, 5) is 13.6. The predicted molar refractivity (Wildman–Crippen MR) is 130 cm³/mol. The number of benzene rings is 1. The van der Waals surface area contributed by atoms with Crippen LogP contribution in [-0.2, 0) is 6.42 Å². The molecule has 0 saturated carbocycles. The highest BCUT2D eigenvalue weighted by atomic mass is 16.6. The van der Waals surface area contributed by atoms with Crippen LogP contribution in [0.3, 0.4) is 0 Å². The molecular weight excluding hydrogens is 416 g/mol. The highest BCUT2D eigenvalue weighted by Gasteiger charge is 2.27. The molecule has 0 bridgehead atoms. The van der Waals surface area contributed by atoms with Crippen molar-refractivity contribution in [2.75, 3.05) is 44.3 Å². The summed E-state index contributed by atoms with van der Waals surface area (Å²) in [5.74, 6) is 2.30. The maximum absolute atomic E-state index is 5.68. The number of ether oxygens (including phenoxy) is 2. The van der Waals surface area contributed by atoms with E-state index in [0.29, 0.717) is 25.2 Å². The molecule has 2 aromatic rings. The van der Waals surface area contributed by atoms with Crippen molar-refractivity contribution in [1.29, 1.82) is 0 Å². The lowest BCUT2D eigenvalue weighted by Gasteiger charge is -2.25. The molecule has 1 aromatic heterocycles. The highest BCUT2D eigenvalue weighted by Crippen LogP contribution is 2.32. The van der Waals surface area contributed by atoms with Gasteiger partial charge in [0.1, 0.15) is 13.2 Å². The van der Waals surface area contributed by atoms with Gasteiger partial charge in [-0.25, -0.2) is 9.97 Å². The van der Waals surface area contributed by atoms with Gasteiger partial charge >= 0.3 is 0 Å². The van der Waals surface area contributed by atoms with Crippen molar-refractivity contribution in [1.82, 2.24) is 20.2 Å². The fraction of sp³-hybridized carbons (Fsp3) is 0.440. The summed E-state index contributed by atoms with van der Waals surface area (Å²) >= 11 is 0. The molecule has 0 amide bonds. The maximum atomic E-state index is 5.68. The fourth-order valence-electron chi connectivity index (χ4n) is 4.42. The zero-order valence-corrected chi connectivity index (χ0v) is 19.4. The van der Waals surface area contributed by atoms with Crippen molar-refractivity contribution in [3.8, 4) is 11.5 Å². The highest BCUT2D eigenvalue weighted by molar-refractivity contribution is 5.44. The third kappa shape index (κ3) is 5.83. The van der Waals surface area contributed by atoms with E-state index in [1.807, 2.05) is 13.0 Å². The van der Waals surface area contributed by atoms with Crippen LogP contribution in [0.2, 0.25) is 0 Å². The molecule has 1 saturated heterocycles. The molecule has 8 heteroatoms. The molecule has 1 atom stereocenters. The minimum absolute atomic E-state index is 0.304. The van der Waals surface area contributed by atoms with E-state index in [2.05, 4.69) is 40.0 Å². The zero-order chi connectivity index (χ0) is 23.0. The van der Waals surface area contributed by atoms with Crippen LogP contribution < -0.4 is 25.4 Å². The second-order valence-electron chi connectivity index (χ2n) is 8.34. The van der Waals surface area contributed by atoms with Crippen LogP contribution in [0, 0.1) is 6.92 Å². The van der Waals surface area contributed by atoms with Gasteiger partial charge in [-0.1, -0.05) is 12.6 Å². The van der Waals surface area contributed by atoms with Crippen LogP contribution in [-0.4, -0.2) is 54.3 Å². The average molecular weight is 451 g/mol. The summed E-state index contributed by atoms with van der Waals surface area (Å²) in [5, 5.41) is 3.59. The molecule has 3 heterocycles. The number of nitrogens with two attached hydrogens (primary N) is 1. The first-order chi connectivity index (χ1) is 16.2. The van der Waals surface area contributed by atoms with Gasteiger partial charge in [0.15, 0.2) is 11.5 Å². The molecule has 3 N–H and O–H groups in total. The fourth-order valence-corrected chi connectivity index (χ4v) is 4.42. The van der Waals surface area contributed by atoms with Crippen molar-refractivity contribution in [2.45, 2.75) is 32.2 Å². The van der Waals surface area contributed by atoms with Crippen LogP contribution in [0.4, 0.5) is 5.95 Å². The molecule has 1 aromatic carbocycles. The van der Waals surface area contributed by atoms with Gasteiger partial charge in [0.05, 0.1) is 11.7 Å². The molecule has 2 aliphatic heterocycles. The van der Waals surface area contributed by atoms with E-state index in [1.165, 1.54) is 18.2 Å². The van der Waals surface area contributed by atoms with E-state index in [9.17, 15) is 0 Å². The first-order valence-corrected chi connectivity index (χ1v) is 11.7. The number of likely N-dealkylation sites (tertiary alicyclic amines) is 1. The summed E-state index contributed by atoms with van der Waals surface area (Å²) in [5.41, 5.74) is 8.81. The number of rotatable bonds is 10. The Morgan fingerprint density at radius 1 is 1.21 bits per heavy atom. The Balaban J connectivity index is 1.29. The summed E-state index contributed by atoms with van der Waals surface area (Å²) in [6.07, 6.45) is 8.08. The van der Waals surface area contributed by atoms with Gasteiger partial charge < -0.3 is 20.5 Å². The number of aryl methyl sites for hydroxylation is 1. The molecule has 0 aliphatic carbocycles. The first-order valence-electron chi connectivity index (χ1n) is 11.7. The SMILES string of the molecule is C=CN(/C=C\N)c1nc(C)cc(C2CCCN2CCNCCc2ccc3c(c2)OCCO3)n1. The van der Waals surface area contributed by atoms with Gasteiger partial charge in [-0.2, -0.15) is 0 Å². The Morgan fingerprint density at radius 2 is 2.06 bits per heavy atom. The number of anilines is 1. The minimum atomic E-state index is 0.304. The smallest absolute Gasteiger partial charge is 0.234 e. The van der Waals surface area contributed by atoms with E-state index >= 15 is 0 Å². The summed E-state index contributed by atoms with van der Waals surface area (Å²) < 4.78 is 11.3. The summed E-state index contributed by atoms with van der Waals surface area (Å²) in [7, 11) is 0. The Labute approximate surface area is 196 Å². The van der Waals surface area contributed by atoms with E-state index in [4.69, 9.17) is 20.2 Å². The minimum Gasteiger partial charge on any atom is -0.486 e. The second kappa shape index (κ2) is 11.2. The number of nitrogens with one attached hydrogen (secondary N) is 1. The largest absolute Gasteiger partial charge is 0.486 e. The molecule has 1 fully saturated rings. The average Bonchev–Trinajstić information content (AvgIpc) is 3.30. The molecule has 2 aliphatic rings. The van der Waals surface area contributed by atoms with Crippen LogP contribution in [0.25, 0.3) is 0 Å². The first kappa shape index (κ1) is 23.1. The number of hydrogen-bond donors (Lipinski definition) is 2. The van der Waals surface area contributed by atoms with Crippen molar-refractivity contribution in [2.24, 2.45) is 5.73 Å². The maximum Gasteiger partial charge on any atom is 0.234 e. The second-order valence-corrected chi connectivity index (χ2v) is 8.34. The molecule has 4 rings (SSSR count). The Kier molecular flexibility index (Phi) is 7.80. The lowest BCUT2D eigenvalue weighted by Crippen LogP contribution is -2.33. The van der Waals surface area contributed by atoms with Crippen molar-refractivity contribution < 1.29 is 9.47 Å². The number of hydrogen-bond acceptors (Lipinski definition) is 8. The molecule has 176 valence electrons. The third-order valence-electron chi connectivity index (χ3n) is 6.01. The van der Waals surface area contributed by atoms with E-state index in [0.717, 1.165) is 61.9 Å². The van der Waals surface area contributed by atoms with Crippen molar-refractivity contribution in [3.63, 3.8) is 0 Å². The van der Waals surface area contributed by atoms with E-state index in [1.54, 1.807) is 17.3 Å². The third-order valence-corrected chi connectivity index (χ3v) is 6.01. The standard InChI is InChI=1S/C25H34N6O2/c1-3-30(13-9-26)25-28-19(2)17-21(29-25)22-5-4-12-31(22)14-11-27-10-8-20-6-7-23-24(18-20)33-16-15-32-23/h3,6-7,9,13,17-18,22,27H,1,4-5,8,10-12,14-16,26H2,2H3/b13-9-. The molecule has 0 spiro atoms. The topological polar surface area (TPSA) is 88.8 Å². The van der Waals surface area contributed by atoms with Gasteiger partial charge in [0.2, 0.25) is 5.95 Å². The lowest BCUT2D eigenvalue weighted by atomic mass is 10.1. The van der Waals surface area contributed by atoms with Gasteiger partial charge in [0, 0.05) is 37.4 Å². The summed E-state index contributed by atoms with van der Waals surface area (Å²) in [6.45, 7) is 11.0. The monoisotopic (exact) mass is 450 g/mol. The number of nitrogens with zero attached hydrogens (tertiary/aromatic N) is 4. The molecule has 8 nitrogen and oxygen atoms in total. The quantitative estimate of drug-likeness (QED) is 0.534. The van der Waals surface area contributed by atoms with Gasteiger partial charge in [-0.05, 0) is 63.0 Å².